The largest absolute Gasteiger partial charge is 0.497 e. The third kappa shape index (κ3) is 3.56. The fourth-order valence-electron chi connectivity index (χ4n) is 4.11. The number of fused-ring (bicyclic) bond motifs is 1. The monoisotopic (exact) mass is 393 g/mol. The molecule has 0 saturated carbocycles. The van der Waals surface area contributed by atoms with E-state index < -0.39 is 12.1 Å². The standard InChI is InChI=1S/C22H23N3O4/c1-29-17-7-5-16(6-8-17)25-21(27)13-24(22(25)28)19-10-4-15-12-14(2-9-18(15)19)3-11-20(23)26/h2-3,5-9,11-12,19,21,27H,4,10,13H2,1H3,(H2,23,26)/b11-3+. The fraction of sp³-hybridized carbons (Fsp3) is 0.273. The minimum atomic E-state index is -0.905. The highest BCUT2D eigenvalue weighted by molar-refractivity contribution is 5.95. The number of primary amides is 1. The first-order valence-electron chi connectivity index (χ1n) is 9.50. The van der Waals surface area contributed by atoms with E-state index in [-0.39, 0.29) is 18.6 Å². The molecule has 1 aliphatic carbocycles. The highest BCUT2D eigenvalue weighted by atomic mass is 16.5. The molecule has 4 rings (SSSR count). The van der Waals surface area contributed by atoms with Crippen LogP contribution < -0.4 is 15.4 Å². The number of rotatable bonds is 5. The summed E-state index contributed by atoms with van der Waals surface area (Å²) in [5.41, 5.74) is 8.92. The van der Waals surface area contributed by atoms with Crippen molar-refractivity contribution >= 4 is 23.7 Å². The molecule has 1 saturated heterocycles. The number of aryl methyl sites for hydroxylation is 1. The molecular formula is C22H23N3O4. The topological polar surface area (TPSA) is 96.1 Å². The predicted molar refractivity (Wildman–Crippen MR) is 109 cm³/mol. The maximum Gasteiger partial charge on any atom is 0.327 e. The van der Waals surface area contributed by atoms with Crippen LogP contribution >= 0.6 is 0 Å². The van der Waals surface area contributed by atoms with E-state index in [1.807, 2.05) is 18.2 Å². The fourth-order valence-corrected chi connectivity index (χ4v) is 4.11. The van der Waals surface area contributed by atoms with Crippen molar-refractivity contribution in [2.45, 2.75) is 25.1 Å². The molecule has 1 heterocycles. The highest BCUT2D eigenvalue weighted by Gasteiger charge is 2.42. The Hall–Kier alpha value is -3.32. The lowest BCUT2D eigenvalue weighted by molar-refractivity contribution is -0.113. The van der Waals surface area contributed by atoms with Crippen LogP contribution in [0.15, 0.2) is 48.5 Å². The second-order valence-corrected chi connectivity index (χ2v) is 7.23. The number of nitrogens with two attached hydrogens (primary N) is 1. The summed E-state index contributed by atoms with van der Waals surface area (Å²) < 4.78 is 5.16. The van der Waals surface area contributed by atoms with Gasteiger partial charge < -0.3 is 20.5 Å². The Bertz CT molecular complexity index is 971. The molecule has 2 unspecified atom stereocenters. The second kappa shape index (κ2) is 7.60. The minimum absolute atomic E-state index is 0.0791. The van der Waals surface area contributed by atoms with Gasteiger partial charge in [-0.25, -0.2) is 4.79 Å². The molecule has 2 atom stereocenters. The molecule has 7 nitrogen and oxygen atoms in total. The molecule has 2 aliphatic rings. The summed E-state index contributed by atoms with van der Waals surface area (Å²) >= 11 is 0. The van der Waals surface area contributed by atoms with Crippen LogP contribution in [0.3, 0.4) is 0 Å². The summed E-state index contributed by atoms with van der Waals surface area (Å²) in [6, 6.07) is 12.7. The van der Waals surface area contributed by atoms with E-state index in [0.717, 1.165) is 29.5 Å². The van der Waals surface area contributed by atoms with Crippen LogP contribution in [0.1, 0.15) is 29.2 Å². The van der Waals surface area contributed by atoms with Crippen molar-refractivity contribution in [3.63, 3.8) is 0 Å². The number of methoxy groups -OCH3 is 1. The molecule has 2 aromatic rings. The van der Waals surface area contributed by atoms with E-state index in [2.05, 4.69) is 0 Å². The Balaban J connectivity index is 1.56. The number of ether oxygens (including phenoxy) is 1. The summed E-state index contributed by atoms with van der Waals surface area (Å²) in [5.74, 6) is 0.205. The van der Waals surface area contributed by atoms with Gasteiger partial charge in [0, 0.05) is 11.8 Å². The number of amides is 3. The van der Waals surface area contributed by atoms with Gasteiger partial charge in [0.05, 0.1) is 19.7 Å². The summed E-state index contributed by atoms with van der Waals surface area (Å²) in [5, 5.41) is 10.6. The van der Waals surface area contributed by atoms with Crippen LogP contribution in [0.5, 0.6) is 5.75 Å². The minimum Gasteiger partial charge on any atom is -0.497 e. The summed E-state index contributed by atoms with van der Waals surface area (Å²) in [7, 11) is 1.58. The van der Waals surface area contributed by atoms with Crippen LogP contribution in [0.2, 0.25) is 0 Å². The van der Waals surface area contributed by atoms with Gasteiger partial charge in [0.15, 0.2) is 6.23 Å². The summed E-state index contributed by atoms with van der Waals surface area (Å²) in [6.07, 6.45) is 3.75. The molecule has 0 bridgehead atoms. The number of β-amino-alcohol motifs (C(OH)–C–C–N with tert-alkyl or cyclic N) is 1. The molecule has 0 spiro atoms. The Morgan fingerprint density at radius 3 is 2.69 bits per heavy atom. The lowest BCUT2D eigenvalue weighted by atomic mass is 10.0. The zero-order valence-corrected chi connectivity index (χ0v) is 16.1. The number of carbonyl (C=O) groups excluding carboxylic acids is 2. The molecule has 0 radical (unpaired) electrons. The second-order valence-electron chi connectivity index (χ2n) is 7.23. The Morgan fingerprint density at radius 2 is 2.00 bits per heavy atom. The van der Waals surface area contributed by atoms with Gasteiger partial charge in [0.25, 0.3) is 0 Å². The van der Waals surface area contributed by atoms with Crippen LogP contribution in [0.4, 0.5) is 10.5 Å². The van der Waals surface area contributed by atoms with Gasteiger partial charge >= 0.3 is 6.03 Å². The Labute approximate surface area is 169 Å². The zero-order valence-electron chi connectivity index (χ0n) is 16.1. The number of hydrogen-bond donors (Lipinski definition) is 2. The van der Waals surface area contributed by atoms with E-state index in [4.69, 9.17) is 10.5 Å². The number of hydrogen-bond acceptors (Lipinski definition) is 4. The van der Waals surface area contributed by atoms with Crippen molar-refractivity contribution < 1.29 is 19.4 Å². The van der Waals surface area contributed by atoms with Gasteiger partial charge in [-0.3, -0.25) is 9.69 Å². The van der Waals surface area contributed by atoms with E-state index in [1.165, 1.54) is 11.0 Å². The van der Waals surface area contributed by atoms with E-state index >= 15 is 0 Å². The molecule has 29 heavy (non-hydrogen) atoms. The van der Waals surface area contributed by atoms with Crippen molar-refractivity contribution in [3.05, 3.63) is 65.2 Å². The number of aliphatic hydroxyl groups is 1. The molecule has 3 amide bonds. The van der Waals surface area contributed by atoms with Gasteiger partial charge in [-0.05, 0) is 59.9 Å². The number of aliphatic hydroxyl groups excluding tert-OH is 1. The molecule has 1 fully saturated rings. The summed E-state index contributed by atoms with van der Waals surface area (Å²) in [4.78, 5) is 27.2. The number of nitrogens with zero attached hydrogens (tertiary/aromatic N) is 2. The Kier molecular flexibility index (Phi) is 4.98. The van der Waals surface area contributed by atoms with Gasteiger partial charge in [-0.15, -0.1) is 0 Å². The quantitative estimate of drug-likeness (QED) is 0.763. The van der Waals surface area contributed by atoms with Gasteiger partial charge in [0.2, 0.25) is 5.91 Å². The van der Waals surface area contributed by atoms with Crippen molar-refractivity contribution in [3.8, 4) is 5.75 Å². The van der Waals surface area contributed by atoms with Crippen LogP contribution in [-0.4, -0.2) is 41.8 Å². The van der Waals surface area contributed by atoms with E-state index in [0.29, 0.717) is 11.4 Å². The number of urea groups is 1. The maximum absolute atomic E-state index is 13.1. The van der Waals surface area contributed by atoms with Gasteiger partial charge in [-0.2, -0.15) is 0 Å². The number of anilines is 1. The molecule has 2 aromatic carbocycles. The zero-order chi connectivity index (χ0) is 20.5. The maximum atomic E-state index is 13.1. The average Bonchev–Trinajstić information content (AvgIpc) is 3.26. The van der Waals surface area contributed by atoms with E-state index in [9.17, 15) is 14.7 Å². The molecule has 150 valence electrons. The Morgan fingerprint density at radius 1 is 1.24 bits per heavy atom. The first-order chi connectivity index (χ1) is 14.0. The van der Waals surface area contributed by atoms with Gasteiger partial charge in [0.1, 0.15) is 5.75 Å². The SMILES string of the molecule is COc1ccc(N2C(=O)N(C3CCc4cc(/C=C/C(N)=O)ccc43)CC2O)cc1. The van der Waals surface area contributed by atoms with Crippen molar-refractivity contribution in [2.24, 2.45) is 5.73 Å². The first kappa shape index (κ1) is 19.0. The lowest BCUT2D eigenvalue weighted by Gasteiger charge is -2.25. The third-order valence-electron chi connectivity index (χ3n) is 5.49. The molecule has 1 aliphatic heterocycles. The molecule has 7 heteroatoms. The third-order valence-corrected chi connectivity index (χ3v) is 5.49. The van der Waals surface area contributed by atoms with Crippen LogP contribution in [-0.2, 0) is 11.2 Å². The molecule has 0 aromatic heterocycles. The molecule has 3 N–H and O–H groups in total. The normalized spacial score (nSPS) is 21.1. The van der Waals surface area contributed by atoms with Crippen molar-refractivity contribution in [2.75, 3.05) is 18.6 Å². The van der Waals surface area contributed by atoms with Crippen molar-refractivity contribution in [1.29, 1.82) is 0 Å². The average molecular weight is 393 g/mol. The number of benzene rings is 2. The van der Waals surface area contributed by atoms with E-state index in [1.54, 1.807) is 42.4 Å². The van der Waals surface area contributed by atoms with Gasteiger partial charge in [-0.1, -0.05) is 18.2 Å². The smallest absolute Gasteiger partial charge is 0.327 e. The number of carbonyl (C=O) groups is 2. The van der Waals surface area contributed by atoms with Crippen molar-refractivity contribution in [1.82, 2.24) is 4.90 Å². The van der Waals surface area contributed by atoms with Crippen LogP contribution in [0.25, 0.3) is 6.08 Å². The lowest BCUT2D eigenvalue weighted by Crippen LogP contribution is -2.35. The summed E-state index contributed by atoms with van der Waals surface area (Å²) in [6.45, 7) is 0.248. The first-order valence-corrected chi connectivity index (χ1v) is 9.50. The predicted octanol–water partition coefficient (Wildman–Crippen LogP) is 2.44. The molecular weight excluding hydrogens is 370 g/mol. The van der Waals surface area contributed by atoms with Crippen LogP contribution in [0, 0.1) is 0 Å². The highest BCUT2D eigenvalue weighted by Crippen LogP contribution is 2.40.